The average Bonchev–Trinajstić information content (AvgIpc) is 3.16. The number of benzene rings is 2. The van der Waals surface area contributed by atoms with Crippen LogP contribution in [0.25, 0.3) is 22.2 Å². The van der Waals surface area contributed by atoms with Crippen molar-refractivity contribution in [1.29, 1.82) is 0 Å². The molecule has 3 aromatic rings. The van der Waals surface area contributed by atoms with Crippen LogP contribution in [-0.4, -0.2) is 68.6 Å². The Kier molecular flexibility index (Phi) is 7.23. The number of hydrogen-bond acceptors (Lipinski definition) is 4. The highest BCUT2D eigenvalue weighted by molar-refractivity contribution is 6.00. The first-order valence-electron chi connectivity index (χ1n) is 10.7. The topological polar surface area (TPSA) is 57.8 Å². The summed E-state index contributed by atoms with van der Waals surface area (Å²) < 4.78 is 10.9. The molecule has 1 heterocycles. The second kappa shape index (κ2) is 9.88. The van der Waals surface area contributed by atoms with E-state index in [9.17, 15) is 4.79 Å². The maximum atomic E-state index is 13.1. The number of carbonyl (C=O) groups excluding carboxylic acids is 1. The van der Waals surface area contributed by atoms with Crippen LogP contribution >= 0.6 is 0 Å². The number of H-pyrrole nitrogens is 1. The molecule has 0 bridgehead atoms. The minimum atomic E-state index is 0.0715. The number of aryl methyl sites for hydroxylation is 1. The molecule has 2 aromatic carbocycles. The van der Waals surface area contributed by atoms with Crippen molar-refractivity contribution in [1.82, 2.24) is 14.8 Å². The summed E-state index contributed by atoms with van der Waals surface area (Å²) in [5.74, 6) is 1.46. The van der Waals surface area contributed by atoms with Crippen LogP contribution in [0.15, 0.2) is 36.4 Å². The number of amides is 1. The van der Waals surface area contributed by atoms with E-state index in [-0.39, 0.29) is 5.91 Å². The fraction of sp³-hybridized carbons (Fsp3) is 0.400. The molecule has 0 saturated carbocycles. The summed E-state index contributed by atoms with van der Waals surface area (Å²) in [5, 5.41) is 1.08. The smallest absolute Gasteiger partial charge is 0.253 e. The molecular formula is C25H33N3O3. The van der Waals surface area contributed by atoms with Gasteiger partial charge in [-0.2, -0.15) is 0 Å². The van der Waals surface area contributed by atoms with Crippen molar-refractivity contribution in [3.63, 3.8) is 0 Å². The molecule has 0 spiro atoms. The molecule has 0 aliphatic carbocycles. The summed E-state index contributed by atoms with van der Waals surface area (Å²) in [6.45, 7) is 6.40. The minimum Gasteiger partial charge on any atom is -0.493 e. The number of fused-ring (bicyclic) bond motifs is 1. The van der Waals surface area contributed by atoms with Gasteiger partial charge in [0.25, 0.3) is 5.91 Å². The van der Waals surface area contributed by atoms with Crippen LogP contribution < -0.4 is 9.47 Å². The first-order chi connectivity index (χ1) is 14.9. The van der Waals surface area contributed by atoms with Crippen molar-refractivity contribution >= 4 is 16.8 Å². The zero-order chi connectivity index (χ0) is 22.5. The van der Waals surface area contributed by atoms with Crippen molar-refractivity contribution in [2.45, 2.75) is 20.3 Å². The van der Waals surface area contributed by atoms with E-state index in [0.29, 0.717) is 24.6 Å². The Labute approximate surface area is 184 Å². The molecule has 0 aliphatic rings. The molecule has 6 heteroatoms. The van der Waals surface area contributed by atoms with Crippen molar-refractivity contribution < 1.29 is 14.3 Å². The molecule has 1 aromatic heterocycles. The number of methoxy groups -OCH3 is 2. The van der Waals surface area contributed by atoms with Gasteiger partial charge in [-0.05, 0) is 69.4 Å². The second-order valence-corrected chi connectivity index (χ2v) is 7.85. The highest BCUT2D eigenvalue weighted by Crippen LogP contribution is 2.36. The van der Waals surface area contributed by atoms with Gasteiger partial charge in [-0.1, -0.05) is 6.92 Å². The van der Waals surface area contributed by atoms with Crippen molar-refractivity contribution in [3.8, 4) is 22.8 Å². The van der Waals surface area contributed by atoms with Gasteiger partial charge in [0.15, 0.2) is 11.5 Å². The summed E-state index contributed by atoms with van der Waals surface area (Å²) in [6.07, 6.45) is 0.847. The second-order valence-electron chi connectivity index (χ2n) is 7.85. The number of likely N-dealkylation sites (N-methyl/N-ethyl adjacent to an activating group) is 2. The Bertz CT molecular complexity index is 1060. The Hall–Kier alpha value is -2.99. The van der Waals surface area contributed by atoms with E-state index in [1.165, 1.54) is 5.56 Å². The predicted molar refractivity (Wildman–Crippen MR) is 126 cm³/mol. The van der Waals surface area contributed by atoms with Crippen LogP contribution in [0.2, 0.25) is 0 Å². The predicted octanol–water partition coefficient (Wildman–Crippen LogP) is 4.44. The van der Waals surface area contributed by atoms with E-state index in [4.69, 9.17) is 9.47 Å². The Morgan fingerprint density at radius 1 is 0.968 bits per heavy atom. The number of nitrogens with zero attached hydrogens (tertiary/aromatic N) is 2. The third-order valence-electron chi connectivity index (χ3n) is 5.66. The third-order valence-corrected chi connectivity index (χ3v) is 5.66. The van der Waals surface area contributed by atoms with Crippen LogP contribution in [0, 0.1) is 0 Å². The van der Waals surface area contributed by atoms with Crippen LogP contribution in [0.4, 0.5) is 0 Å². The van der Waals surface area contributed by atoms with E-state index >= 15 is 0 Å². The average molecular weight is 424 g/mol. The normalized spacial score (nSPS) is 11.2. The molecule has 0 saturated heterocycles. The van der Waals surface area contributed by atoms with Crippen LogP contribution in [-0.2, 0) is 6.42 Å². The standard InChI is InChI=1S/C25H33N3O3/c1-7-19-20-15-18(25(29)28(8-2)14-13-27(3)4)9-11-21(20)26-24(19)17-10-12-22(30-5)23(16-17)31-6/h9-12,15-16,26H,7-8,13-14H2,1-6H3. The molecule has 1 amide bonds. The van der Waals surface area contributed by atoms with Gasteiger partial charge in [0.2, 0.25) is 0 Å². The molecule has 0 radical (unpaired) electrons. The van der Waals surface area contributed by atoms with Gasteiger partial charge in [0, 0.05) is 47.4 Å². The minimum absolute atomic E-state index is 0.0715. The summed E-state index contributed by atoms with van der Waals surface area (Å²) >= 11 is 0. The van der Waals surface area contributed by atoms with Gasteiger partial charge in [-0.25, -0.2) is 0 Å². The van der Waals surface area contributed by atoms with E-state index in [2.05, 4.69) is 16.8 Å². The Morgan fingerprint density at radius 3 is 2.32 bits per heavy atom. The SMILES string of the molecule is CCc1c(-c2ccc(OC)c(OC)c2)[nH]c2ccc(C(=O)N(CC)CCN(C)C)cc12. The number of aromatic nitrogens is 1. The fourth-order valence-electron chi connectivity index (χ4n) is 3.89. The van der Waals surface area contributed by atoms with E-state index in [1.54, 1.807) is 14.2 Å². The summed E-state index contributed by atoms with van der Waals surface area (Å²) in [5.41, 5.74) is 5.01. The quantitative estimate of drug-likeness (QED) is 0.553. The summed E-state index contributed by atoms with van der Waals surface area (Å²) in [6, 6.07) is 11.9. The molecule has 166 valence electrons. The third kappa shape index (κ3) is 4.69. The fourth-order valence-corrected chi connectivity index (χ4v) is 3.89. The van der Waals surface area contributed by atoms with Gasteiger partial charge in [0.1, 0.15) is 0 Å². The molecule has 0 atom stereocenters. The van der Waals surface area contributed by atoms with Gasteiger partial charge in [0.05, 0.1) is 14.2 Å². The molecular weight excluding hydrogens is 390 g/mol. The van der Waals surface area contributed by atoms with E-state index in [0.717, 1.165) is 40.7 Å². The zero-order valence-electron chi connectivity index (χ0n) is 19.4. The van der Waals surface area contributed by atoms with Crippen LogP contribution in [0.1, 0.15) is 29.8 Å². The Balaban J connectivity index is 2.02. The lowest BCUT2D eigenvalue weighted by atomic mass is 10.0. The van der Waals surface area contributed by atoms with Gasteiger partial charge in [-0.15, -0.1) is 0 Å². The molecule has 0 aliphatic heterocycles. The molecule has 3 rings (SSSR count). The van der Waals surface area contributed by atoms with Crippen molar-refractivity contribution in [3.05, 3.63) is 47.5 Å². The van der Waals surface area contributed by atoms with Gasteiger partial charge in [-0.3, -0.25) is 4.79 Å². The summed E-state index contributed by atoms with van der Waals surface area (Å²) in [4.78, 5) is 20.7. The Morgan fingerprint density at radius 2 is 1.71 bits per heavy atom. The van der Waals surface area contributed by atoms with Crippen molar-refractivity contribution in [2.75, 3.05) is 47.9 Å². The van der Waals surface area contributed by atoms with Crippen molar-refractivity contribution in [2.24, 2.45) is 0 Å². The molecule has 0 fully saturated rings. The molecule has 0 unspecified atom stereocenters. The number of aromatic amines is 1. The van der Waals surface area contributed by atoms with E-state index < -0.39 is 0 Å². The monoisotopic (exact) mass is 423 g/mol. The highest BCUT2D eigenvalue weighted by atomic mass is 16.5. The number of ether oxygens (including phenoxy) is 2. The van der Waals surface area contributed by atoms with E-state index in [1.807, 2.05) is 62.3 Å². The first-order valence-corrected chi connectivity index (χ1v) is 10.7. The largest absolute Gasteiger partial charge is 0.493 e. The van der Waals surface area contributed by atoms with Crippen LogP contribution in [0.5, 0.6) is 11.5 Å². The molecule has 1 N–H and O–H groups in total. The number of rotatable bonds is 9. The number of carbonyl (C=O) groups is 1. The lowest BCUT2D eigenvalue weighted by Crippen LogP contribution is -2.36. The molecule has 31 heavy (non-hydrogen) atoms. The molecule has 6 nitrogen and oxygen atoms in total. The highest BCUT2D eigenvalue weighted by Gasteiger charge is 2.18. The first kappa shape index (κ1) is 22.7. The maximum absolute atomic E-state index is 13.1. The van der Waals surface area contributed by atoms with Gasteiger partial charge >= 0.3 is 0 Å². The van der Waals surface area contributed by atoms with Crippen LogP contribution in [0.3, 0.4) is 0 Å². The number of nitrogens with one attached hydrogen (secondary N) is 1. The van der Waals surface area contributed by atoms with Gasteiger partial charge < -0.3 is 24.3 Å². The zero-order valence-corrected chi connectivity index (χ0v) is 19.4. The summed E-state index contributed by atoms with van der Waals surface area (Å²) in [7, 11) is 7.32. The maximum Gasteiger partial charge on any atom is 0.253 e. The number of hydrogen-bond donors (Lipinski definition) is 1. The lowest BCUT2D eigenvalue weighted by molar-refractivity contribution is 0.0754. The lowest BCUT2D eigenvalue weighted by Gasteiger charge is -2.23.